The molecule has 1 heterocycles. The first kappa shape index (κ1) is 14.7. The summed E-state index contributed by atoms with van der Waals surface area (Å²) in [5.41, 5.74) is 0.756. The highest BCUT2D eigenvalue weighted by Gasteiger charge is 2.17. The van der Waals surface area contributed by atoms with Crippen LogP contribution < -0.4 is 0 Å². The zero-order chi connectivity index (χ0) is 14.4. The molecule has 0 fully saturated rings. The van der Waals surface area contributed by atoms with Crippen molar-refractivity contribution in [2.75, 3.05) is 19.6 Å². The molecule has 0 spiro atoms. The number of nitrogens with zero attached hydrogens (tertiary/aromatic N) is 3. The van der Waals surface area contributed by atoms with Crippen molar-refractivity contribution < 1.29 is 9.63 Å². The van der Waals surface area contributed by atoms with E-state index in [0.29, 0.717) is 5.82 Å². The van der Waals surface area contributed by atoms with Crippen LogP contribution >= 0.6 is 0 Å². The number of aliphatic hydroxyl groups excluding tert-OH is 1. The third kappa shape index (κ3) is 3.65. The van der Waals surface area contributed by atoms with Crippen molar-refractivity contribution in [3.8, 4) is 0 Å². The molecule has 0 amide bonds. The highest BCUT2D eigenvalue weighted by molar-refractivity contribution is 5.21. The Morgan fingerprint density at radius 2 is 1.90 bits per heavy atom. The van der Waals surface area contributed by atoms with Gasteiger partial charge in [0.05, 0.1) is 0 Å². The van der Waals surface area contributed by atoms with Crippen molar-refractivity contribution in [3.05, 3.63) is 47.6 Å². The van der Waals surface area contributed by atoms with Crippen LogP contribution in [0, 0.1) is 0 Å². The standard InChI is InChI=1S/C15H21N3O2/c1-3-18(4-2)11-10-13-16-15(20-17-13)14(19)12-8-6-5-7-9-12/h5-9,14,19H,3-4,10-11H2,1-2H3. The maximum absolute atomic E-state index is 10.2. The van der Waals surface area contributed by atoms with Crippen LogP contribution in [0.3, 0.4) is 0 Å². The Bertz CT molecular complexity index is 509. The highest BCUT2D eigenvalue weighted by Crippen LogP contribution is 2.19. The Morgan fingerprint density at radius 3 is 2.55 bits per heavy atom. The molecule has 1 aromatic carbocycles. The van der Waals surface area contributed by atoms with Crippen molar-refractivity contribution in [2.45, 2.75) is 26.4 Å². The number of rotatable bonds is 7. The molecule has 2 aromatic rings. The van der Waals surface area contributed by atoms with Gasteiger partial charge in [0.1, 0.15) is 0 Å². The van der Waals surface area contributed by atoms with E-state index in [2.05, 4.69) is 28.9 Å². The van der Waals surface area contributed by atoms with Crippen LogP contribution in [-0.2, 0) is 6.42 Å². The number of hydrogen-bond acceptors (Lipinski definition) is 5. The molecule has 0 bridgehead atoms. The number of aromatic nitrogens is 2. The summed E-state index contributed by atoms with van der Waals surface area (Å²) in [6, 6.07) is 9.32. The topological polar surface area (TPSA) is 62.4 Å². The van der Waals surface area contributed by atoms with Gasteiger partial charge in [-0.1, -0.05) is 49.3 Å². The molecule has 0 aliphatic heterocycles. The molecule has 1 aromatic heterocycles. The number of hydrogen-bond donors (Lipinski definition) is 1. The molecule has 0 saturated carbocycles. The van der Waals surface area contributed by atoms with E-state index in [9.17, 15) is 5.11 Å². The highest BCUT2D eigenvalue weighted by atomic mass is 16.5. The molecule has 0 radical (unpaired) electrons. The Labute approximate surface area is 119 Å². The lowest BCUT2D eigenvalue weighted by molar-refractivity contribution is 0.170. The lowest BCUT2D eigenvalue weighted by Gasteiger charge is -2.16. The summed E-state index contributed by atoms with van der Waals surface area (Å²) >= 11 is 0. The zero-order valence-corrected chi connectivity index (χ0v) is 12.0. The summed E-state index contributed by atoms with van der Waals surface area (Å²) in [5, 5.41) is 14.1. The van der Waals surface area contributed by atoms with Crippen LogP contribution in [0.25, 0.3) is 0 Å². The second kappa shape index (κ2) is 7.17. The Hall–Kier alpha value is -1.72. The van der Waals surface area contributed by atoms with Gasteiger partial charge in [-0.15, -0.1) is 0 Å². The Morgan fingerprint density at radius 1 is 1.20 bits per heavy atom. The average molecular weight is 275 g/mol. The first-order chi connectivity index (χ1) is 9.74. The van der Waals surface area contributed by atoms with E-state index in [1.54, 1.807) is 0 Å². The number of likely N-dealkylation sites (N-methyl/N-ethyl adjacent to an activating group) is 1. The second-order valence-corrected chi connectivity index (χ2v) is 4.64. The maximum atomic E-state index is 10.2. The van der Waals surface area contributed by atoms with Gasteiger partial charge in [-0.2, -0.15) is 4.98 Å². The molecular weight excluding hydrogens is 254 g/mol. The van der Waals surface area contributed by atoms with Crippen LogP contribution in [0.5, 0.6) is 0 Å². The van der Waals surface area contributed by atoms with E-state index in [-0.39, 0.29) is 5.89 Å². The van der Waals surface area contributed by atoms with Crippen molar-refractivity contribution in [2.24, 2.45) is 0 Å². The second-order valence-electron chi connectivity index (χ2n) is 4.64. The first-order valence-electron chi connectivity index (χ1n) is 7.02. The largest absolute Gasteiger partial charge is 0.378 e. The third-order valence-corrected chi connectivity index (χ3v) is 3.38. The molecule has 5 heteroatoms. The lowest BCUT2D eigenvalue weighted by Crippen LogP contribution is -2.25. The third-order valence-electron chi connectivity index (χ3n) is 3.38. The minimum atomic E-state index is -0.856. The molecule has 1 N–H and O–H groups in total. The van der Waals surface area contributed by atoms with Crippen molar-refractivity contribution in [3.63, 3.8) is 0 Å². The lowest BCUT2D eigenvalue weighted by atomic mass is 10.1. The fraction of sp³-hybridized carbons (Fsp3) is 0.467. The summed E-state index contributed by atoms with van der Waals surface area (Å²) in [7, 11) is 0. The smallest absolute Gasteiger partial charge is 0.260 e. The van der Waals surface area contributed by atoms with Crippen LogP contribution in [0.15, 0.2) is 34.9 Å². The molecule has 2 rings (SSSR count). The van der Waals surface area contributed by atoms with Crippen LogP contribution in [0.2, 0.25) is 0 Å². The van der Waals surface area contributed by atoms with Crippen LogP contribution in [-0.4, -0.2) is 39.8 Å². The Balaban J connectivity index is 1.98. The zero-order valence-electron chi connectivity index (χ0n) is 12.0. The van der Waals surface area contributed by atoms with Gasteiger partial charge in [-0.3, -0.25) is 0 Å². The summed E-state index contributed by atoms with van der Waals surface area (Å²) in [4.78, 5) is 6.57. The predicted molar refractivity (Wildman–Crippen MR) is 76.3 cm³/mol. The molecule has 1 atom stereocenters. The fourth-order valence-electron chi connectivity index (χ4n) is 2.06. The minimum absolute atomic E-state index is 0.255. The normalized spacial score (nSPS) is 12.8. The summed E-state index contributed by atoms with van der Waals surface area (Å²) in [5.74, 6) is 0.896. The SMILES string of the molecule is CCN(CC)CCc1noc(C(O)c2ccccc2)n1. The average Bonchev–Trinajstić information content (AvgIpc) is 2.97. The van der Waals surface area contributed by atoms with Gasteiger partial charge in [0.25, 0.3) is 5.89 Å². The molecule has 0 aliphatic rings. The van der Waals surface area contributed by atoms with Gasteiger partial charge in [0.2, 0.25) is 0 Å². The fourth-order valence-corrected chi connectivity index (χ4v) is 2.06. The first-order valence-corrected chi connectivity index (χ1v) is 7.02. The Kier molecular flexibility index (Phi) is 5.26. The van der Waals surface area contributed by atoms with Gasteiger partial charge in [0.15, 0.2) is 11.9 Å². The van der Waals surface area contributed by atoms with E-state index >= 15 is 0 Å². The number of benzene rings is 1. The van der Waals surface area contributed by atoms with Gasteiger partial charge in [-0.25, -0.2) is 0 Å². The quantitative estimate of drug-likeness (QED) is 0.837. The monoisotopic (exact) mass is 275 g/mol. The summed E-state index contributed by atoms with van der Waals surface area (Å²) in [6.45, 7) is 7.17. The maximum Gasteiger partial charge on any atom is 0.260 e. The van der Waals surface area contributed by atoms with Crippen LogP contribution in [0.1, 0.15) is 37.2 Å². The molecule has 20 heavy (non-hydrogen) atoms. The van der Waals surface area contributed by atoms with E-state index in [0.717, 1.165) is 31.6 Å². The molecular formula is C15H21N3O2. The molecule has 0 saturated heterocycles. The summed E-state index contributed by atoms with van der Waals surface area (Å²) in [6.07, 6.45) is -0.127. The molecule has 1 unspecified atom stereocenters. The van der Waals surface area contributed by atoms with Gasteiger partial charge in [0, 0.05) is 13.0 Å². The van der Waals surface area contributed by atoms with E-state index < -0.39 is 6.10 Å². The van der Waals surface area contributed by atoms with Gasteiger partial charge < -0.3 is 14.5 Å². The molecule has 5 nitrogen and oxygen atoms in total. The van der Waals surface area contributed by atoms with E-state index in [1.807, 2.05) is 30.3 Å². The van der Waals surface area contributed by atoms with E-state index in [4.69, 9.17) is 4.52 Å². The van der Waals surface area contributed by atoms with Gasteiger partial charge in [-0.05, 0) is 18.7 Å². The number of aliphatic hydroxyl groups is 1. The van der Waals surface area contributed by atoms with E-state index in [1.165, 1.54) is 0 Å². The van der Waals surface area contributed by atoms with Gasteiger partial charge >= 0.3 is 0 Å². The predicted octanol–water partition coefficient (Wildman–Crippen LogP) is 2.04. The van der Waals surface area contributed by atoms with Crippen LogP contribution in [0.4, 0.5) is 0 Å². The van der Waals surface area contributed by atoms with Crippen molar-refractivity contribution in [1.82, 2.24) is 15.0 Å². The molecule has 0 aliphatic carbocycles. The van der Waals surface area contributed by atoms with Crippen molar-refractivity contribution in [1.29, 1.82) is 0 Å². The molecule has 108 valence electrons. The van der Waals surface area contributed by atoms with Crippen molar-refractivity contribution >= 4 is 0 Å². The minimum Gasteiger partial charge on any atom is -0.378 e. The summed E-state index contributed by atoms with van der Waals surface area (Å²) < 4.78 is 5.15.